The van der Waals surface area contributed by atoms with Gasteiger partial charge in [0.2, 0.25) is 5.75 Å². The lowest BCUT2D eigenvalue weighted by molar-refractivity contribution is -0.176. The number of H-pyrrole nitrogens is 1. The van der Waals surface area contributed by atoms with E-state index in [1.165, 1.54) is 30.9 Å². The molecule has 0 unspecified atom stereocenters. The predicted octanol–water partition coefficient (Wildman–Crippen LogP) is 4.95. The van der Waals surface area contributed by atoms with E-state index >= 15 is 0 Å². The summed E-state index contributed by atoms with van der Waals surface area (Å²) in [6.07, 6.45) is 0.922. The molecule has 0 amide bonds. The highest BCUT2D eigenvalue weighted by Crippen LogP contribution is 2.51. The molecule has 2 fully saturated rings. The summed E-state index contributed by atoms with van der Waals surface area (Å²) in [5, 5.41) is 1.21. The lowest BCUT2D eigenvalue weighted by Gasteiger charge is -2.52. The number of aromatic nitrogens is 1. The molecule has 3 aliphatic rings. The Bertz CT molecular complexity index is 1560. The van der Waals surface area contributed by atoms with Crippen molar-refractivity contribution in [2.75, 3.05) is 54.7 Å². The van der Waals surface area contributed by atoms with Crippen molar-refractivity contribution in [3.63, 3.8) is 0 Å². The van der Waals surface area contributed by atoms with E-state index in [1.807, 2.05) is 26.0 Å². The number of rotatable bonds is 10. The fourth-order valence-electron chi connectivity index (χ4n) is 7.98. The smallest absolute Gasteiger partial charge is 0.338 e. The van der Waals surface area contributed by atoms with Crippen molar-refractivity contribution >= 4 is 22.8 Å². The van der Waals surface area contributed by atoms with Gasteiger partial charge in [0.1, 0.15) is 18.0 Å². The summed E-state index contributed by atoms with van der Waals surface area (Å²) in [6.45, 7) is 6.15. The minimum atomic E-state index is -0.671. The van der Waals surface area contributed by atoms with Gasteiger partial charge in [-0.1, -0.05) is 0 Å². The number of methoxy groups -OCH3 is 4. The maximum Gasteiger partial charge on any atom is 0.338 e. The maximum atomic E-state index is 13.7. The van der Waals surface area contributed by atoms with Gasteiger partial charge in [-0.25, -0.2) is 4.79 Å². The van der Waals surface area contributed by atoms with E-state index in [2.05, 4.69) is 16.0 Å². The summed E-state index contributed by atoms with van der Waals surface area (Å²) in [5.74, 6) is 0.583. The van der Waals surface area contributed by atoms with Gasteiger partial charge in [-0.05, 0) is 74.8 Å². The van der Waals surface area contributed by atoms with Crippen molar-refractivity contribution in [3.05, 3.63) is 47.2 Å². The van der Waals surface area contributed by atoms with Crippen LogP contribution in [0.5, 0.6) is 23.0 Å². The Morgan fingerprint density at radius 2 is 1.70 bits per heavy atom. The van der Waals surface area contributed by atoms with Gasteiger partial charge in [0.05, 0.1) is 52.1 Å². The topological polar surface area (TPSA) is 118 Å². The molecule has 2 aromatic carbocycles. The Morgan fingerprint density at radius 3 is 2.33 bits per heavy atom. The van der Waals surface area contributed by atoms with Crippen molar-refractivity contribution < 1.29 is 42.7 Å². The Kier molecular flexibility index (Phi) is 9.33. The third-order valence-corrected chi connectivity index (χ3v) is 9.92. The molecule has 248 valence electrons. The zero-order valence-electron chi connectivity index (χ0n) is 27.4. The largest absolute Gasteiger partial charge is 0.497 e. The van der Waals surface area contributed by atoms with Crippen LogP contribution in [0.3, 0.4) is 0 Å². The Labute approximate surface area is 269 Å². The van der Waals surface area contributed by atoms with Crippen molar-refractivity contribution in [2.45, 2.75) is 51.4 Å². The number of nitrogens with one attached hydrogen (secondary N) is 1. The molecule has 1 aromatic heterocycles. The highest BCUT2D eigenvalue weighted by atomic mass is 16.6. The average Bonchev–Trinajstić information content (AvgIpc) is 3.45. The number of ether oxygens (including phenoxy) is 7. The van der Waals surface area contributed by atoms with Gasteiger partial charge < -0.3 is 38.1 Å². The molecule has 1 saturated carbocycles. The van der Waals surface area contributed by atoms with Crippen LogP contribution in [0.15, 0.2) is 30.3 Å². The van der Waals surface area contributed by atoms with Crippen molar-refractivity contribution in [3.8, 4) is 23.0 Å². The summed E-state index contributed by atoms with van der Waals surface area (Å²) < 4.78 is 40.0. The van der Waals surface area contributed by atoms with E-state index < -0.39 is 24.1 Å². The zero-order valence-corrected chi connectivity index (χ0v) is 27.4. The van der Waals surface area contributed by atoms with Crippen molar-refractivity contribution in [2.24, 2.45) is 17.8 Å². The minimum absolute atomic E-state index is 0.0180. The molecule has 11 heteroatoms. The van der Waals surface area contributed by atoms with Crippen LogP contribution in [0.2, 0.25) is 0 Å². The number of benzene rings is 2. The fourth-order valence-corrected chi connectivity index (χ4v) is 7.98. The van der Waals surface area contributed by atoms with Crippen molar-refractivity contribution in [1.82, 2.24) is 9.88 Å². The molecule has 0 spiro atoms. The number of nitrogens with zero attached hydrogens (tertiary/aromatic N) is 1. The summed E-state index contributed by atoms with van der Waals surface area (Å²) in [5.41, 5.74) is 3.85. The molecule has 6 atom stereocenters. The molecule has 3 heterocycles. The first-order chi connectivity index (χ1) is 22.3. The van der Waals surface area contributed by atoms with Crippen molar-refractivity contribution in [1.29, 1.82) is 0 Å². The first-order valence-electron chi connectivity index (χ1n) is 16.1. The molecule has 1 saturated heterocycles. The van der Waals surface area contributed by atoms with E-state index in [1.54, 1.807) is 26.4 Å². The quantitative estimate of drug-likeness (QED) is 0.306. The van der Waals surface area contributed by atoms with Gasteiger partial charge in [0, 0.05) is 42.9 Å². The predicted molar refractivity (Wildman–Crippen MR) is 170 cm³/mol. The number of fused-ring (bicyclic) bond motifs is 6. The SMILES string of the molecule is CCOc1cc(C(=O)O[C@@H]2C[C@@H]3CN4CCc5c([nH]c6cc(OC)ccc56)[C@@H]4C[C@@H]3[C@H](C(=O)OC)[C@H]2OC)cc(OCC)c1OC. The van der Waals surface area contributed by atoms with Crippen LogP contribution >= 0.6 is 0 Å². The third-order valence-electron chi connectivity index (χ3n) is 9.92. The van der Waals surface area contributed by atoms with Crippen LogP contribution in [0.25, 0.3) is 10.9 Å². The summed E-state index contributed by atoms with van der Waals surface area (Å²) in [7, 11) is 6.17. The number of carbonyl (C=O) groups is 2. The number of aromatic amines is 1. The second kappa shape index (κ2) is 13.4. The van der Waals surface area contributed by atoms with Gasteiger partial charge >= 0.3 is 11.9 Å². The van der Waals surface area contributed by atoms with Gasteiger partial charge in [-0.15, -0.1) is 0 Å². The molecule has 6 rings (SSSR count). The lowest BCUT2D eigenvalue weighted by Crippen LogP contribution is -2.58. The highest BCUT2D eigenvalue weighted by Gasteiger charge is 2.54. The second-order valence-corrected chi connectivity index (χ2v) is 12.1. The maximum absolute atomic E-state index is 13.7. The first kappa shape index (κ1) is 32.0. The van der Waals surface area contributed by atoms with Gasteiger partial charge in [0.15, 0.2) is 11.5 Å². The lowest BCUT2D eigenvalue weighted by atomic mass is 9.63. The van der Waals surface area contributed by atoms with E-state index in [0.717, 1.165) is 37.2 Å². The highest BCUT2D eigenvalue weighted by molar-refractivity contribution is 5.91. The average molecular weight is 637 g/mol. The molecular weight excluding hydrogens is 592 g/mol. The summed E-state index contributed by atoms with van der Waals surface area (Å²) in [6, 6.07) is 9.50. The number of hydrogen-bond donors (Lipinski definition) is 1. The fraction of sp³-hybridized carbons (Fsp3) is 0.543. The van der Waals surface area contributed by atoms with Gasteiger partial charge in [0.25, 0.3) is 0 Å². The molecular formula is C35H44N2O9. The van der Waals surface area contributed by atoms with E-state index in [9.17, 15) is 9.59 Å². The normalized spacial score (nSPS) is 25.5. The standard InChI is InChI=1S/C35H44N2O9/c1-7-44-27-13-19(14-28(45-8-2)32(27)41-4)34(38)46-29-15-20-18-37-12-11-23-22-10-9-21(40-3)16-25(22)36-31(23)26(37)17-24(20)30(33(29)42-5)35(39)43-6/h9-10,13-14,16,20,24,26,29-30,33,36H,7-8,11-12,15,17-18H2,1-6H3/t20-,24+,26+,29-,30+,33+/m1/s1. The molecule has 11 nitrogen and oxygen atoms in total. The summed E-state index contributed by atoms with van der Waals surface area (Å²) >= 11 is 0. The van der Waals surface area contributed by atoms with Crippen LogP contribution in [-0.2, 0) is 25.4 Å². The molecule has 2 aliphatic heterocycles. The number of hydrogen-bond acceptors (Lipinski definition) is 10. The minimum Gasteiger partial charge on any atom is -0.497 e. The van der Waals surface area contributed by atoms with E-state index in [0.29, 0.717) is 36.9 Å². The van der Waals surface area contributed by atoms with Crippen LogP contribution in [0.1, 0.15) is 54.3 Å². The second-order valence-electron chi connectivity index (χ2n) is 12.1. The van der Waals surface area contributed by atoms with E-state index in [-0.39, 0.29) is 29.4 Å². The Balaban J connectivity index is 1.29. The number of carbonyl (C=O) groups excluding carboxylic acids is 2. The molecule has 0 radical (unpaired) electrons. The Hall–Kier alpha value is -3.96. The van der Waals surface area contributed by atoms with E-state index in [4.69, 9.17) is 33.2 Å². The van der Waals surface area contributed by atoms with Crippen LogP contribution in [-0.4, -0.2) is 88.8 Å². The number of piperidine rings is 1. The van der Waals surface area contributed by atoms with Crippen LogP contribution in [0.4, 0.5) is 0 Å². The molecule has 0 bridgehead atoms. The molecule has 3 aromatic rings. The van der Waals surface area contributed by atoms with Gasteiger partial charge in [-0.3, -0.25) is 9.69 Å². The molecule has 1 aliphatic carbocycles. The molecule has 1 N–H and O–H groups in total. The third kappa shape index (κ3) is 5.64. The number of esters is 2. The summed E-state index contributed by atoms with van der Waals surface area (Å²) in [4.78, 5) is 33.4. The zero-order chi connectivity index (χ0) is 32.5. The van der Waals surface area contributed by atoms with Crippen LogP contribution < -0.4 is 18.9 Å². The van der Waals surface area contributed by atoms with Gasteiger partial charge in [-0.2, -0.15) is 0 Å². The molecule has 46 heavy (non-hydrogen) atoms. The monoisotopic (exact) mass is 636 g/mol. The van der Waals surface area contributed by atoms with Crippen LogP contribution in [0, 0.1) is 17.8 Å². The Morgan fingerprint density at radius 1 is 0.957 bits per heavy atom. The first-order valence-corrected chi connectivity index (χ1v) is 16.1.